The highest BCUT2D eigenvalue weighted by atomic mass is 32.1. The van der Waals surface area contributed by atoms with Gasteiger partial charge in [0.1, 0.15) is 0 Å². The van der Waals surface area contributed by atoms with Crippen molar-refractivity contribution in [3.8, 4) is 10.7 Å². The monoisotopic (exact) mass is 541 g/mol. The molecule has 36 heavy (non-hydrogen) atoms. The van der Waals surface area contributed by atoms with Crippen molar-refractivity contribution in [3.63, 3.8) is 0 Å². The molecule has 0 spiro atoms. The van der Waals surface area contributed by atoms with Gasteiger partial charge < -0.3 is 9.42 Å². The molecule has 0 aliphatic heterocycles. The maximum atomic E-state index is 13.2. The Morgan fingerprint density at radius 3 is 2.14 bits per heavy atom. The summed E-state index contributed by atoms with van der Waals surface area (Å²) in [6.45, 7) is -0.315. The molecule has 0 amide bonds. The lowest BCUT2D eigenvalue weighted by Gasteiger charge is -2.22. The second-order valence-electron chi connectivity index (χ2n) is 6.85. The van der Waals surface area contributed by atoms with Gasteiger partial charge in [-0.05, 0) is 30.3 Å². The van der Waals surface area contributed by atoms with Crippen molar-refractivity contribution in [2.75, 3.05) is 4.90 Å². The van der Waals surface area contributed by atoms with E-state index >= 15 is 0 Å². The average Bonchev–Trinajstić information content (AvgIpc) is 3.46. The third-order valence-electron chi connectivity index (χ3n) is 4.33. The highest BCUT2D eigenvalue weighted by Gasteiger charge is 2.39. The summed E-state index contributed by atoms with van der Waals surface area (Å²) in [7, 11) is 0. The van der Waals surface area contributed by atoms with Crippen molar-refractivity contribution in [3.05, 3.63) is 58.6 Å². The summed E-state index contributed by atoms with van der Waals surface area (Å²) < 4.78 is 120. The molecular formula is C18H8F9N7OS. The second-order valence-corrected chi connectivity index (χ2v) is 8.02. The summed E-state index contributed by atoms with van der Waals surface area (Å²) in [4.78, 5) is 4.70. The van der Waals surface area contributed by atoms with Crippen LogP contribution in [-0.4, -0.2) is 30.5 Å². The van der Waals surface area contributed by atoms with E-state index in [9.17, 15) is 39.5 Å². The Bertz CT molecular complexity index is 1350. The minimum Gasteiger partial charge on any atom is -0.329 e. The normalized spacial score (nSPS) is 12.7. The molecule has 0 saturated carbocycles. The van der Waals surface area contributed by atoms with Gasteiger partial charge in [-0.1, -0.05) is 5.16 Å². The van der Waals surface area contributed by atoms with Crippen LogP contribution in [0.15, 0.2) is 41.1 Å². The Morgan fingerprint density at radius 2 is 1.56 bits per heavy atom. The smallest absolute Gasteiger partial charge is 0.329 e. The summed E-state index contributed by atoms with van der Waals surface area (Å²) in [5.41, 5.74) is -2.52. The molecule has 190 valence electrons. The fraction of sp³-hybridized carbons (Fsp3) is 0.222. The largest absolute Gasteiger partial charge is 0.471 e. The van der Waals surface area contributed by atoms with Crippen molar-refractivity contribution in [1.82, 2.24) is 30.5 Å². The number of thiophene rings is 1. The Kier molecular flexibility index (Phi) is 6.31. The standard InChI is InChI=1S/C18H8F9N7OS/c19-16(20,21)8-5-13(31-28-6-8)34(12-4-3-11(30-32-12)17(22,23)24)7-9-1-2-10(36-9)14-29-15(35-33-14)18(25,26)27/h1-6H,7H2. The van der Waals surface area contributed by atoms with Crippen LogP contribution in [0.4, 0.5) is 51.1 Å². The van der Waals surface area contributed by atoms with Gasteiger partial charge in [0.25, 0.3) is 0 Å². The van der Waals surface area contributed by atoms with Crippen LogP contribution in [0.5, 0.6) is 0 Å². The molecule has 4 aromatic heterocycles. The van der Waals surface area contributed by atoms with Crippen LogP contribution in [0.25, 0.3) is 10.7 Å². The first-order valence-electron chi connectivity index (χ1n) is 9.30. The molecule has 4 heterocycles. The van der Waals surface area contributed by atoms with Crippen LogP contribution in [0.2, 0.25) is 0 Å². The van der Waals surface area contributed by atoms with Crippen molar-refractivity contribution < 1.29 is 44.0 Å². The molecule has 0 aliphatic rings. The molecule has 0 bridgehead atoms. The van der Waals surface area contributed by atoms with Crippen molar-refractivity contribution in [2.24, 2.45) is 0 Å². The lowest BCUT2D eigenvalue weighted by atomic mass is 10.2. The van der Waals surface area contributed by atoms with Gasteiger partial charge in [0.2, 0.25) is 5.82 Å². The Hall–Kier alpha value is -3.83. The highest BCUT2D eigenvalue weighted by Crippen LogP contribution is 2.36. The van der Waals surface area contributed by atoms with E-state index in [1.807, 2.05) is 0 Å². The lowest BCUT2D eigenvalue weighted by molar-refractivity contribution is -0.159. The van der Waals surface area contributed by atoms with Crippen LogP contribution >= 0.6 is 11.3 Å². The lowest BCUT2D eigenvalue weighted by Crippen LogP contribution is -2.21. The number of alkyl halides is 9. The average molecular weight is 541 g/mol. The van der Waals surface area contributed by atoms with Gasteiger partial charge in [-0.2, -0.15) is 49.6 Å². The molecule has 18 heteroatoms. The number of hydrogen-bond acceptors (Lipinski definition) is 9. The number of anilines is 2. The Balaban J connectivity index is 1.69. The van der Waals surface area contributed by atoms with E-state index in [2.05, 4.69) is 35.1 Å². The second kappa shape index (κ2) is 8.99. The predicted molar refractivity (Wildman–Crippen MR) is 103 cm³/mol. The third kappa shape index (κ3) is 5.52. The van der Waals surface area contributed by atoms with Crippen molar-refractivity contribution in [2.45, 2.75) is 25.1 Å². The summed E-state index contributed by atoms with van der Waals surface area (Å²) in [5.74, 6) is -2.69. The Labute approximate surface area is 197 Å². The van der Waals surface area contributed by atoms with Crippen molar-refractivity contribution in [1.29, 1.82) is 0 Å². The SMILES string of the molecule is FC(F)(F)c1cnnc(N(Cc2ccc(-c3noc(C(F)(F)F)n3)s2)c2ccc(C(F)(F)F)nn2)c1. The maximum Gasteiger partial charge on any atom is 0.471 e. The third-order valence-corrected chi connectivity index (χ3v) is 5.39. The first-order chi connectivity index (χ1) is 16.7. The summed E-state index contributed by atoms with van der Waals surface area (Å²) >= 11 is 0.852. The van der Waals surface area contributed by atoms with Gasteiger partial charge in [0, 0.05) is 4.88 Å². The number of rotatable bonds is 5. The zero-order valence-electron chi connectivity index (χ0n) is 17.0. The number of halogens is 9. The zero-order chi connectivity index (χ0) is 26.3. The van der Waals surface area contributed by atoms with E-state index in [1.54, 1.807) is 0 Å². The molecule has 0 N–H and O–H groups in total. The number of aromatic nitrogens is 6. The highest BCUT2D eigenvalue weighted by molar-refractivity contribution is 7.15. The first kappa shape index (κ1) is 25.3. The molecule has 4 rings (SSSR count). The molecular weight excluding hydrogens is 533 g/mol. The molecule has 0 saturated heterocycles. The van der Waals surface area contributed by atoms with Gasteiger partial charge in [0.15, 0.2) is 17.3 Å². The van der Waals surface area contributed by atoms with Crippen LogP contribution in [0.3, 0.4) is 0 Å². The number of nitrogens with zero attached hydrogens (tertiary/aromatic N) is 7. The molecule has 0 radical (unpaired) electrons. The van der Waals surface area contributed by atoms with E-state index in [4.69, 9.17) is 0 Å². The van der Waals surface area contributed by atoms with Crippen LogP contribution in [0.1, 0.15) is 22.0 Å². The van der Waals surface area contributed by atoms with E-state index in [-0.39, 0.29) is 17.2 Å². The number of hydrogen-bond donors (Lipinski definition) is 0. The predicted octanol–water partition coefficient (Wildman–Crippen LogP) is 5.77. The summed E-state index contributed by atoms with van der Waals surface area (Å²) in [6.07, 6.45) is -14.0. The van der Waals surface area contributed by atoms with Crippen molar-refractivity contribution >= 4 is 23.0 Å². The fourth-order valence-electron chi connectivity index (χ4n) is 2.72. The van der Waals surface area contributed by atoms with Gasteiger partial charge >= 0.3 is 24.4 Å². The topological polar surface area (TPSA) is 93.7 Å². The summed E-state index contributed by atoms with van der Waals surface area (Å²) in [5, 5.41) is 16.7. The Morgan fingerprint density at radius 1 is 0.806 bits per heavy atom. The van der Waals surface area contributed by atoms with Gasteiger partial charge in [-0.25, -0.2) is 0 Å². The van der Waals surface area contributed by atoms with E-state index in [1.165, 1.54) is 12.1 Å². The molecule has 0 aliphatic carbocycles. The van der Waals surface area contributed by atoms with Gasteiger partial charge in [-0.15, -0.1) is 26.6 Å². The van der Waals surface area contributed by atoms with E-state index < -0.39 is 47.3 Å². The zero-order valence-corrected chi connectivity index (χ0v) is 17.8. The minimum atomic E-state index is -4.87. The molecule has 4 aromatic rings. The van der Waals surface area contributed by atoms with Crippen LogP contribution in [0, 0.1) is 0 Å². The molecule has 0 aromatic carbocycles. The quantitative estimate of drug-likeness (QED) is 0.294. The van der Waals surface area contributed by atoms with E-state index in [0.29, 0.717) is 23.2 Å². The van der Waals surface area contributed by atoms with Crippen LogP contribution in [-0.2, 0) is 25.1 Å². The summed E-state index contributed by atoms with van der Waals surface area (Å²) in [6, 6.07) is 4.79. The first-order valence-corrected chi connectivity index (χ1v) is 10.1. The maximum absolute atomic E-state index is 13.2. The van der Waals surface area contributed by atoms with Gasteiger partial charge in [0.05, 0.1) is 23.2 Å². The molecule has 8 nitrogen and oxygen atoms in total. The fourth-order valence-corrected chi connectivity index (χ4v) is 3.64. The molecule has 0 fully saturated rings. The molecule has 0 atom stereocenters. The van der Waals surface area contributed by atoms with Gasteiger partial charge in [-0.3, -0.25) is 0 Å². The molecule has 0 unspecified atom stereocenters. The van der Waals surface area contributed by atoms with E-state index in [0.717, 1.165) is 22.3 Å². The van der Waals surface area contributed by atoms with Crippen LogP contribution < -0.4 is 4.90 Å². The minimum absolute atomic E-state index is 0.123.